The maximum Gasteiger partial charge on any atom is 0.394 e. The lowest BCUT2D eigenvalue weighted by Gasteiger charge is -2.27. The van der Waals surface area contributed by atoms with Gasteiger partial charge in [0.1, 0.15) is 5.75 Å². The van der Waals surface area contributed by atoms with Crippen molar-refractivity contribution in [1.29, 1.82) is 0 Å². The molecule has 0 fully saturated rings. The molecule has 1 heterocycles. The molecule has 5 heteroatoms. The van der Waals surface area contributed by atoms with Crippen molar-refractivity contribution in [2.75, 3.05) is 6.61 Å². The second-order valence-corrected chi connectivity index (χ2v) is 4.47. The Morgan fingerprint density at radius 3 is 2.78 bits per heavy atom. The zero-order valence-corrected chi connectivity index (χ0v) is 10.3. The minimum atomic E-state index is -1.47. The Balaban J connectivity index is 2.33. The zero-order chi connectivity index (χ0) is 13.3. The topological polar surface area (TPSA) is 75.6 Å². The first-order valence-corrected chi connectivity index (χ1v) is 5.76. The van der Waals surface area contributed by atoms with Gasteiger partial charge >= 0.3 is 11.9 Å². The Bertz CT molecular complexity index is 510. The first-order valence-electron chi connectivity index (χ1n) is 5.76. The van der Waals surface area contributed by atoms with Gasteiger partial charge in [0.05, 0.1) is 12.6 Å². The van der Waals surface area contributed by atoms with Crippen LogP contribution in [0.15, 0.2) is 12.1 Å². The molecule has 0 saturated heterocycles. The molecule has 1 aliphatic heterocycles. The van der Waals surface area contributed by atoms with Gasteiger partial charge in [-0.2, -0.15) is 0 Å². The van der Waals surface area contributed by atoms with Crippen molar-refractivity contribution in [3.63, 3.8) is 0 Å². The molecule has 1 aromatic rings. The summed E-state index contributed by atoms with van der Waals surface area (Å²) in [6.07, 6.45) is 0.578. The third-order valence-corrected chi connectivity index (χ3v) is 2.98. The first kappa shape index (κ1) is 12.4. The molecule has 1 amide bonds. The molecule has 1 aromatic carbocycles. The quantitative estimate of drug-likeness (QED) is 0.736. The molecular formula is C13H15NO4. The number of nitrogens with one attached hydrogen (secondary N) is 1. The van der Waals surface area contributed by atoms with E-state index in [1.165, 1.54) is 0 Å². The molecule has 5 nitrogen and oxygen atoms in total. The fourth-order valence-electron chi connectivity index (χ4n) is 2.25. The van der Waals surface area contributed by atoms with E-state index in [9.17, 15) is 9.59 Å². The number of ether oxygens (including phenoxy) is 1. The lowest BCUT2D eigenvalue weighted by atomic mass is 9.95. The van der Waals surface area contributed by atoms with Gasteiger partial charge in [0.2, 0.25) is 0 Å². The number of rotatable bonds is 1. The molecule has 1 unspecified atom stereocenters. The molecule has 0 saturated carbocycles. The number of aliphatic carboxylic acids is 1. The monoisotopic (exact) mass is 249 g/mol. The van der Waals surface area contributed by atoms with Crippen LogP contribution >= 0.6 is 0 Å². The highest BCUT2D eigenvalue weighted by molar-refractivity contribution is 6.31. The number of carboxylic acids is 1. The van der Waals surface area contributed by atoms with E-state index in [2.05, 4.69) is 5.32 Å². The predicted molar refractivity (Wildman–Crippen MR) is 64.5 cm³/mol. The highest BCUT2D eigenvalue weighted by atomic mass is 16.5. The molecule has 1 aliphatic rings. The largest absolute Gasteiger partial charge is 0.493 e. The molecule has 1 atom stereocenters. The second kappa shape index (κ2) is 4.68. The van der Waals surface area contributed by atoms with Gasteiger partial charge < -0.3 is 15.2 Å². The lowest BCUT2D eigenvalue weighted by Crippen LogP contribution is -2.36. The average molecular weight is 249 g/mol. The number of benzene rings is 1. The summed E-state index contributed by atoms with van der Waals surface area (Å²) in [5, 5.41) is 11.1. The minimum Gasteiger partial charge on any atom is -0.493 e. The van der Waals surface area contributed by atoms with Gasteiger partial charge in [-0.15, -0.1) is 0 Å². The van der Waals surface area contributed by atoms with Crippen LogP contribution in [-0.2, 0) is 9.59 Å². The van der Waals surface area contributed by atoms with Gasteiger partial charge in [0, 0.05) is 12.0 Å². The van der Waals surface area contributed by atoms with Gasteiger partial charge in [-0.25, -0.2) is 4.79 Å². The SMILES string of the molecule is Cc1cc(C)c2c(c1)C(NC(=O)C(=O)O)CCO2. The highest BCUT2D eigenvalue weighted by Gasteiger charge is 2.26. The summed E-state index contributed by atoms with van der Waals surface area (Å²) < 4.78 is 5.58. The number of carbonyl (C=O) groups excluding carboxylic acids is 1. The molecule has 0 aromatic heterocycles. The predicted octanol–water partition coefficient (Wildman–Crippen LogP) is 1.33. The Labute approximate surface area is 105 Å². The van der Waals surface area contributed by atoms with E-state index in [0.29, 0.717) is 13.0 Å². The maximum absolute atomic E-state index is 11.2. The number of hydrogen-bond acceptors (Lipinski definition) is 3. The number of carboxylic acid groups (broad SMARTS) is 1. The molecule has 0 bridgehead atoms. The Morgan fingerprint density at radius 2 is 2.11 bits per heavy atom. The van der Waals surface area contributed by atoms with Crippen LogP contribution in [-0.4, -0.2) is 23.6 Å². The average Bonchev–Trinajstić information content (AvgIpc) is 2.29. The second-order valence-electron chi connectivity index (χ2n) is 4.47. The number of hydrogen-bond donors (Lipinski definition) is 2. The molecule has 0 spiro atoms. The van der Waals surface area contributed by atoms with Crippen LogP contribution in [0, 0.1) is 13.8 Å². The fraction of sp³-hybridized carbons (Fsp3) is 0.385. The first-order chi connectivity index (χ1) is 8.49. The normalized spacial score (nSPS) is 17.6. The van der Waals surface area contributed by atoms with E-state index in [-0.39, 0.29) is 6.04 Å². The van der Waals surface area contributed by atoms with Crippen LogP contribution in [0.3, 0.4) is 0 Å². The van der Waals surface area contributed by atoms with Crippen molar-refractivity contribution in [3.05, 3.63) is 28.8 Å². The number of aryl methyl sites for hydroxylation is 2. The highest BCUT2D eigenvalue weighted by Crippen LogP contribution is 2.35. The van der Waals surface area contributed by atoms with E-state index in [1.807, 2.05) is 26.0 Å². The molecule has 2 N–H and O–H groups in total. The van der Waals surface area contributed by atoms with E-state index < -0.39 is 11.9 Å². The summed E-state index contributed by atoms with van der Waals surface area (Å²) >= 11 is 0. The van der Waals surface area contributed by atoms with Crippen LogP contribution in [0.4, 0.5) is 0 Å². The van der Waals surface area contributed by atoms with E-state index in [0.717, 1.165) is 22.4 Å². The van der Waals surface area contributed by atoms with E-state index in [4.69, 9.17) is 9.84 Å². The molecule has 96 valence electrons. The van der Waals surface area contributed by atoms with E-state index in [1.54, 1.807) is 0 Å². The lowest BCUT2D eigenvalue weighted by molar-refractivity contribution is -0.150. The third kappa shape index (κ3) is 2.30. The summed E-state index contributed by atoms with van der Waals surface area (Å²) in [6, 6.07) is 3.63. The smallest absolute Gasteiger partial charge is 0.394 e. The fourth-order valence-corrected chi connectivity index (χ4v) is 2.25. The summed E-state index contributed by atoms with van der Waals surface area (Å²) in [4.78, 5) is 21.8. The van der Waals surface area contributed by atoms with Crippen molar-refractivity contribution in [2.45, 2.75) is 26.3 Å². The third-order valence-electron chi connectivity index (χ3n) is 2.98. The van der Waals surface area contributed by atoms with E-state index >= 15 is 0 Å². The van der Waals surface area contributed by atoms with Crippen molar-refractivity contribution in [2.24, 2.45) is 0 Å². The van der Waals surface area contributed by atoms with Crippen molar-refractivity contribution >= 4 is 11.9 Å². The van der Waals surface area contributed by atoms with Gasteiger partial charge in [0.15, 0.2) is 0 Å². The Morgan fingerprint density at radius 1 is 1.39 bits per heavy atom. The molecule has 0 aliphatic carbocycles. The van der Waals surface area contributed by atoms with Crippen molar-refractivity contribution in [1.82, 2.24) is 5.32 Å². The summed E-state index contributed by atoms with van der Waals surface area (Å²) in [7, 11) is 0. The van der Waals surface area contributed by atoms with Crippen LogP contribution in [0.5, 0.6) is 5.75 Å². The molecule has 18 heavy (non-hydrogen) atoms. The van der Waals surface area contributed by atoms with Crippen molar-refractivity contribution < 1.29 is 19.4 Å². The summed E-state index contributed by atoms with van der Waals surface area (Å²) in [5.74, 6) is -1.69. The number of fused-ring (bicyclic) bond motifs is 1. The Hall–Kier alpha value is -2.04. The standard InChI is InChI=1S/C13H15NO4/c1-7-5-8(2)11-9(6-7)10(3-4-18-11)14-12(15)13(16)17/h5-6,10H,3-4H2,1-2H3,(H,14,15)(H,16,17). The van der Waals surface area contributed by atoms with Crippen LogP contribution in [0.1, 0.15) is 29.2 Å². The molecular weight excluding hydrogens is 234 g/mol. The van der Waals surface area contributed by atoms with Crippen LogP contribution in [0.25, 0.3) is 0 Å². The molecule has 2 rings (SSSR count). The Kier molecular flexibility index (Phi) is 3.23. The number of amides is 1. The van der Waals surface area contributed by atoms with Gasteiger partial charge in [-0.1, -0.05) is 17.7 Å². The summed E-state index contributed by atoms with van der Waals surface area (Å²) in [6.45, 7) is 4.37. The van der Waals surface area contributed by atoms with Crippen molar-refractivity contribution in [3.8, 4) is 5.75 Å². The van der Waals surface area contributed by atoms with Gasteiger partial charge in [-0.3, -0.25) is 4.79 Å². The van der Waals surface area contributed by atoms with Crippen LogP contribution < -0.4 is 10.1 Å². The zero-order valence-electron chi connectivity index (χ0n) is 10.3. The maximum atomic E-state index is 11.2. The molecule has 0 radical (unpaired) electrons. The van der Waals surface area contributed by atoms with Gasteiger partial charge in [-0.05, 0) is 19.4 Å². The number of carbonyl (C=O) groups is 2. The minimum absolute atomic E-state index is 0.295. The summed E-state index contributed by atoms with van der Waals surface area (Å²) in [5.41, 5.74) is 2.92. The van der Waals surface area contributed by atoms with Gasteiger partial charge in [0.25, 0.3) is 0 Å². The van der Waals surface area contributed by atoms with Crippen LogP contribution in [0.2, 0.25) is 0 Å².